The van der Waals surface area contributed by atoms with Gasteiger partial charge in [-0.15, -0.1) is 10.2 Å². The zero-order chi connectivity index (χ0) is 22.9. The molecule has 0 unspecified atom stereocenters. The van der Waals surface area contributed by atoms with Gasteiger partial charge in [-0.3, -0.25) is 4.90 Å². The SMILES string of the molecule is COC(=O)c1cc2c(nn1)N(C(=O)OC(C)(C)C)CCN2Cc1c(Cl)ccc(F)c1Cl. The first kappa shape index (κ1) is 23.0. The van der Waals surface area contributed by atoms with Gasteiger partial charge in [0, 0.05) is 36.3 Å². The quantitative estimate of drug-likeness (QED) is 0.483. The average Bonchev–Trinajstić information content (AvgIpc) is 2.71. The monoisotopic (exact) mass is 470 g/mol. The first-order valence-electron chi connectivity index (χ1n) is 9.35. The fourth-order valence-electron chi connectivity index (χ4n) is 3.02. The van der Waals surface area contributed by atoms with E-state index in [0.29, 0.717) is 17.8 Å². The minimum atomic E-state index is -0.712. The number of anilines is 2. The maximum atomic E-state index is 14.0. The standard InChI is InChI=1S/C20H21Cl2FN4O4/c1-20(2,3)31-19(29)27-8-7-26(10-11-12(21)5-6-13(23)16(11)22)15-9-14(18(28)30-4)24-25-17(15)27/h5-6,9H,7-8,10H2,1-4H3. The predicted octanol–water partition coefficient (Wildman–Crippen LogP) is 4.47. The number of hydrogen-bond acceptors (Lipinski definition) is 7. The second kappa shape index (κ2) is 8.84. The van der Waals surface area contributed by atoms with Gasteiger partial charge < -0.3 is 14.4 Å². The minimum Gasteiger partial charge on any atom is -0.464 e. The summed E-state index contributed by atoms with van der Waals surface area (Å²) >= 11 is 12.4. The molecule has 0 fully saturated rings. The lowest BCUT2D eigenvalue weighted by Gasteiger charge is -2.37. The summed E-state index contributed by atoms with van der Waals surface area (Å²) in [7, 11) is 1.22. The zero-order valence-electron chi connectivity index (χ0n) is 17.4. The van der Waals surface area contributed by atoms with Gasteiger partial charge in [0.2, 0.25) is 0 Å². The Kier molecular flexibility index (Phi) is 6.56. The van der Waals surface area contributed by atoms with Crippen molar-refractivity contribution < 1.29 is 23.5 Å². The number of hydrogen-bond donors (Lipinski definition) is 0. The minimum absolute atomic E-state index is 0.0475. The van der Waals surface area contributed by atoms with Crippen LogP contribution in [0.1, 0.15) is 36.8 Å². The maximum Gasteiger partial charge on any atom is 0.416 e. The predicted molar refractivity (Wildman–Crippen MR) is 114 cm³/mol. The third-order valence-electron chi connectivity index (χ3n) is 4.44. The Morgan fingerprint density at radius 1 is 1.19 bits per heavy atom. The smallest absolute Gasteiger partial charge is 0.416 e. The van der Waals surface area contributed by atoms with E-state index in [0.717, 1.165) is 0 Å². The molecule has 0 saturated carbocycles. The van der Waals surface area contributed by atoms with E-state index in [1.807, 2.05) is 0 Å². The van der Waals surface area contributed by atoms with Gasteiger partial charge in [-0.1, -0.05) is 23.2 Å². The van der Waals surface area contributed by atoms with Gasteiger partial charge in [0.05, 0.1) is 17.8 Å². The van der Waals surface area contributed by atoms with Crippen molar-refractivity contribution in [2.75, 3.05) is 30.0 Å². The van der Waals surface area contributed by atoms with Crippen molar-refractivity contribution in [3.05, 3.63) is 45.3 Å². The van der Waals surface area contributed by atoms with Crippen LogP contribution in [0.4, 0.5) is 20.7 Å². The first-order valence-corrected chi connectivity index (χ1v) is 10.1. The van der Waals surface area contributed by atoms with Gasteiger partial charge in [-0.2, -0.15) is 0 Å². The molecule has 0 aliphatic carbocycles. The number of amides is 1. The fraction of sp³-hybridized carbons (Fsp3) is 0.400. The van der Waals surface area contributed by atoms with Gasteiger partial charge in [-0.05, 0) is 32.9 Å². The van der Waals surface area contributed by atoms with Crippen molar-refractivity contribution in [2.24, 2.45) is 0 Å². The topological polar surface area (TPSA) is 84.9 Å². The van der Waals surface area contributed by atoms with Crippen molar-refractivity contribution in [3.8, 4) is 0 Å². The molecule has 1 aromatic heterocycles. The molecule has 1 aromatic carbocycles. The normalized spacial score (nSPS) is 13.6. The molecule has 0 bridgehead atoms. The molecule has 0 atom stereocenters. The number of rotatable bonds is 3. The molecule has 166 valence electrons. The van der Waals surface area contributed by atoms with Crippen LogP contribution >= 0.6 is 23.2 Å². The molecule has 0 spiro atoms. The molecular weight excluding hydrogens is 450 g/mol. The van der Waals surface area contributed by atoms with Crippen molar-refractivity contribution in [1.29, 1.82) is 0 Å². The van der Waals surface area contributed by atoms with Gasteiger partial charge >= 0.3 is 12.1 Å². The highest BCUT2D eigenvalue weighted by Crippen LogP contribution is 2.36. The van der Waals surface area contributed by atoms with E-state index in [2.05, 4.69) is 10.2 Å². The van der Waals surface area contributed by atoms with E-state index in [1.165, 1.54) is 30.2 Å². The maximum absolute atomic E-state index is 14.0. The Labute approximate surface area is 188 Å². The number of halogens is 3. The molecule has 1 amide bonds. The van der Waals surface area contributed by atoms with Crippen LogP contribution in [0, 0.1) is 5.82 Å². The zero-order valence-corrected chi connectivity index (χ0v) is 18.9. The van der Waals surface area contributed by atoms with Crippen LogP contribution in [0.5, 0.6) is 0 Å². The lowest BCUT2D eigenvalue weighted by molar-refractivity contribution is 0.0577. The molecule has 0 radical (unpaired) electrons. The van der Waals surface area contributed by atoms with Crippen molar-refractivity contribution in [3.63, 3.8) is 0 Å². The molecule has 2 aromatic rings. The van der Waals surface area contributed by atoms with Crippen LogP contribution in [-0.4, -0.2) is 48.1 Å². The Morgan fingerprint density at radius 3 is 2.55 bits per heavy atom. The third kappa shape index (κ3) is 4.99. The molecule has 31 heavy (non-hydrogen) atoms. The second-order valence-corrected chi connectivity index (χ2v) is 8.59. The van der Waals surface area contributed by atoms with E-state index in [4.69, 9.17) is 32.7 Å². The van der Waals surface area contributed by atoms with Crippen LogP contribution in [-0.2, 0) is 16.0 Å². The third-order valence-corrected chi connectivity index (χ3v) is 5.20. The molecule has 8 nitrogen and oxygen atoms in total. The summed E-state index contributed by atoms with van der Waals surface area (Å²) in [4.78, 5) is 27.8. The Balaban J connectivity index is 2.03. The summed E-state index contributed by atoms with van der Waals surface area (Å²) in [5.41, 5.74) is 0.0187. The van der Waals surface area contributed by atoms with Gasteiger partial charge in [-0.25, -0.2) is 14.0 Å². The molecule has 1 aliphatic rings. The highest BCUT2D eigenvalue weighted by Gasteiger charge is 2.33. The number of ether oxygens (including phenoxy) is 2. The number of nitrogens with zero attached hydrogens (tertiary/aromatic N) is 4. The lowest BCUT2D eigenvalue weighted by Crippen LogP contribution is -2.46. The molecule has 0 saturated heterocycles. The number of aromatic nitrogens is 2. The van der Waals surface area contributed by atoms with Crippen LogP contribution < -0.4 is 9.80 Å². The Morgan fingerprint density at radius 2 is 1.90 bits per heavy atom. The van der Waals surface area contributed by atoms with Gasteiger partial charge in [0.25, 0.3) is 0 Å². The molecule has 11 heteroatoms. The number of methoxy groups -OCH3 is 1. The summed E-state index contributed by atoms with van der Waals surface area (Å²) in [6, 6.07) is 4.05. The summed E-state index contributed by atoms with van der Waals surface area (Å²) in [5, 5.41) is 8.13. The van der Waals surface area contributed by atoms with Crippen molar-refractivity contribution >= 4 is 46.8 Å². The number of carbonyl (C=O) groups is 2. The largest absolute Gasteiger partial charge is 0.464 e. The molecule has 2 heterocycles. The Bertz CT molecular complexity index is 1030. The molecule has 1 aliphatic heterocycles. The van der Waals surface area contributed by atoms with Crippen LogP contribution in [0.3, 0.4) is 0 Å². The van der Waals surface area contributed by atoms with E-state index in [-0.39, 0.29) is 34.6 Å². The highest BCUT2D eigenvalue weighted by atomic mass is 35.5. The second-order valence-electron chi connectivity index (χ2n) is 7.81. The number of fused-ring (bicyclic) bond motifs is 1. The highest BCUT2D eigenvalue weighted by molar-refractivity contribution is 6.36. The molecule has 0 N–H and O–H groups in total. The van der Waals surface area contributed by atoms with Crippen LogP contribution in [0.15, 0.2) is 18.2 Å². The fourth-order valence-corrected chi connectivity index (χ4v) is 3.51. The summed E-state index contributed by atoms with van der Waals surface area (Å²) < 4.78 is 24.2. The van der Waals surface area contributed by atoms with Gasteiger partial charge in [0.1, 0.15) is 11.4 Å². The van der Waals surface area contributed by atoms with E-state index < -0.39 is 23.5 Å². The number of benzene rings is 1. The summed E-state index contributed by atoms with van der Waals surface area (Å²) in [5.74, 6) is -1.10. The van der Waals surface area contributed by atoms with Crippen molar-refractivity contribution in [2.45, 2.75) is 32.9 Å². The lowest BCUT2D eigenvalue weighted by atomic mass is 10.1. The van der Waals surface area contributed by atoms with Crippen LogP contribution in [0.2, 0.25) is 10.0 Å². The van der Waals surface area contributed by atoms with E-state index in [1.54, 1.807) is 25.7 Å². The molecule has 3 rings (SSSR count). The Hall–Kier alpha value is -2.65. The van der Waals surface area contributed by atoms with Gasteiger partial charge in [0.15, 0.2) is 11.5 Å². The summed E-state index contributed by atoms with van der Waals surface area (Å²) in [6.45, 7) is 5.92. The molecular formula is C20H21Cl2FN4O4. The number of esters is 1. The average molecular weight is 471 g/mol. The first-order chi connectivity index (χ1) is 14.5. The van der Waals surface area contributed by atoms with E-state index in [9.17, 15) is 14.0 Å². The van der Waals surface area contributed by atoms with Crippen LogP contribution in [0.25, 0.3) is 0 Å². The summed E-state index contributed by atoms with van der Waals surface area (Å²) in [6.07, 6.45) is -0.602. The van der Waals surface area contributed by atoms with E-state index >= 15 is 0 Å². The van der Waals surface area contributed by atoms with Crippen molar-refractivity contribution in [1.82, 2.24) is 10.2 Å². The number of carbonyl (C=O) groups excluding carboxylic acids is 2.